The van der Waals surface area contributed by atoms with E-state index in [9.17, 15) is 0 Å². The van der Waals surface area contributed by atoms with Crippen LogP contribution in [0.4, 0.5) is 0 Å². The smallest absolute Gasteiger partial charge is 0.156 e. The molecule has 0 aromatic rings. The fourth-order valence-corrected chi connectivity index (χ4v) is 0.484. The van der Waals surface area contributed by atoms with E-state index in [0.717, 1.165) is 6.42 Å². The van der Waals surface area contributed by atoms with Gasteiger partial charge < -0.3 is 9.47 Å². The molecule has 0 heterocycles. The van der Waals surface area contributed by atoms with E-state index < -0.39 is 0 Å². The van der Waals surface area contributed by atoms with Gasteiger partial charge in [-0.2, -0.15) is 0 Å². The van der Waals surface area contributed by atoms with Crippen LogP contribution < -0.4 is 0 Å². The lowest BCUT2D eigenvalue weighted by Crippen LogP contribution is -2.13. The fraction of sp³-hybridized carbons (Fsp3) is 0.833. The fourth-order valence-electron chi connectivity index (χ4n) is 0.484. The van der Waals surface area contributed by atoms with Crippen molar-refractivity contribution < 1.29 is 9.47 Å². The van der Waals surface area contributed by atoms with E-state index in [1.54, 1.807) is 7.11 Å². The third-order valence-corrected chi connectivity index (χ3v) is 0.900. The van der Waals surface area contributed by atoms with Crippen LogP contribution in [-0.4, -0.2) is 20.0 Å². The summed E-state index contributed by atoms with van der Waals surface area (Å²) < 4.78 is 9.88. The van der Waals surface area contributed by atoms with Crippen LogP contribution in [0, 0.1) is 6.92 Å². The molecular weight excluding hydrogens is 104 g/mol. The van der Waals surface area contributed by atoms with Gasteiger partial charge in [-0.05, 0) is 13.3 Å². The molecule has 0 rings (SSSR count). The molecule has 49 valence electrons. The molecule has 0 aliphatic rings. The molecule has 2 heteroatoms. The topological polar surface area (TPSA) is 18.5 Å². The van der Waals surface area contributed by atoms with E-state index >= 15 is 0 Å². The van der Waals surface area contributed by atoms with Crippen molar-refractivity contribution in [2.24, 2.45) is 0 Å². The summed E-state index contributed by atoms with van der Waals surface area (Å²) in [4.78, 5) is 0. The van der Waals surface area contributed by atoms with Gasteiger partial charge in [0, 0.05) is 13.7 Å². The van der Waals surface area contributed by atoms with Crippen molar-refractivity contribution in [1.82, 2.24) is 0 Å². The lowest BCUT2D eigenvalue weighted by Gasteiger charge is -2.11. The zero-order valence-electron chi connectivity index (χ0n) is 5.52. The molecule has 1 unspecified atom stereocenters. The van der Waals surface area contributed by atoms with Gasteiger partial charge in [-0.1, -0.05) is 6.92 Å². The Bertz CT molecular complexity index is 41.8. The maximum Gasteiger partial charge on any atom is 0.156 e. The van der Waals surface area contributed by atoms with Crippen molar-refractivity contribution in [3.63, 3.8) is 0 Å². The quantitative estimate of drug-likeness (QED) is 0.515. The molecule has 0 bridgehead atoms. The molecule has 2 nitrogen and oxygen atoms in total. The molecular formula is C6H13O2. The van der Waals surface area contributed by atoms with Gasteiger partial charge in [0.15, 0.2) is 6.29 Å². The van der Waals surface area contributed by atoms with E-state index in [2.05, 4.69) is 6.92 Å². The largest absolute Gasteiger partial charge is 0.356 e. The highest BCUT2D eigenvalue weighted by Gasteiger charge is 1.99. The summed E-state index contributed by atoms with van der Waals surface area (Å²) in [6.07, 6.45) is 0.818. The summed E-state index contributed by atoms with van der Waals surface area (Å²) in [6, 6.07) is 0. The Morgan fingerprint density at radius 1 is 1.62 bits per heavy atom. The molecule has 0 fully saturated rings. The highest BCUT2D eigenvalue weighted by Crippen LogP contribution is 1.95. The van der Waals surface area contributed by atoms with Crippen LogP contribution in [0.15, 0.2) is 0 Å². The summed E-state index contributed by atoms with van der Waals surface area (Å²) in [5.74, 6) is 0. The highest BCUT2D eigenvalue weighted by molar-refractivity contribution is 4.38. The minimum Gasteiger partial charge on any atom is -0.356 e. The molecule has 0 saturated heterocycles. The summed E-state index contributed by atoms with van der Waals surface area (Å²) in [5, 5.41) is 0. The van der Waals surface area contributed by atoms with Gasteiger partial charge in [-0.25, -0.2) is 0 Å². The molecule has 0 aliphatic carbocycles. The molecule has 8 heavy (non-hydrogen) atoms. The number of rotatable bonds is 4. The maximum absolute atomic E-state index is 5.01. The van der Waals surface area contributed by atoms with Gasteiger partial charge in [-0.3, -0.25) is 0 Å². The molecule has 1 radical (unpaired) electrons. The van der Waals surface area contributed by atoms with Crippen molar-refractivity contribution in [3.05, 3.63) is 6.92 Å². The molecule has 0 saturated carbocycles. The first-order valence-electron chi connectivity index (χ1n) is 2.78. The average Bonchev–Trinajstić information content (AvgIpc) is 1.83. The normalized spacial score (nSPS) is 13.9. The SMILES string of the molecule is [CH2]COC(CC)OC. The average molecular weight is 117 g/mol. The van der Waals surface area contributed by atoms with Crippen LogP contribution in [0.1, 0.15) is 13.3 Å². The predicted molar refractivity (Wildman–Crippen MR) is 32.4 cm³/mol. The van der Waals surface area contributed by atoms with E-state index in [1.165, 1.54) is 0 Å². The molecule has 0 N–H and O–H groups in total. The van der Waals surface area contributed by atoms with Crippen LogP contribution in [0.3, 0.4) is 0 Å². The maximum atomic E-state index is 5.01. The Kier molecular flexibility index (Phi) is 5.01. The van der Waals surface area contributed by atoms with Gasteiger partial charge in [0.2, 0.25) is 0 Å². The lowest BCUT2D eigenvalue weighted by molar-refractivity contribution is -0.116. The Morgan fingerprint density at radius 2 is 2.25 bits per heavy atom. The van der Waals surface area contributed by atoms with E-state index in [0.29, 0.717) is 6.61 Å². The van der Waals surface area contributed by atoms with Gasteiger partial charge in [0.25, 0.3) is 0 Å². The zero-order valence-corrected chi connectivity index (χ0v) is 5.52. The van der Waals surface area contributed by atoms with Gasteiger partial charge in [0.1, 0.15) is 0 Å². The number of ether oxygens (including phenoxy) is 2. The first-order chi connectivity index (χ1) is 3.85. The van der Waals surface area contributed by atoms with E-state index in [-0.39, 0.29) is 6.29 Å². The molecule has 1 atom stereocenters. The van der Waals surface area contributed by atoms with Crippen molar-refractivity contribution in [2.75, 3.05) is 13.7 Å². The molecule has 0 amide bonds. The van der Waals surface area contributed by atoms with Crippen LogP contribution in [-0.2, 0) is 9.47 Å². The monoisotopic (exact) mass is 117 g/mol. The first kappa shape index (κ1) is 7.92. The van der Waals surface area contributed by atoms with E-state index in [4.69, 9.17) is 9.47 Å². The van der Waals surface area contributed by atoms with Crippen LogP contribution in [0.25, 0.3) is 0 Å². The molecule has 0 aliphatic heterocycles. The Balaban J connectivity index is 3.07. The second-order valence-corrected chi connectivity index (χ2v) is 1.44. The predicted octanol–water partition coefficient (Wildman–Crippen LogP) is 1.22. The molecule has 0 aromatic heterocycles. The lowest BCUT2D eigenvalue weighted by atomic mass is 10.5. The summed E-state index contributed by atoms with van der Waals surface area (Å²) >= 11 is 0. The van der Waals surface area contributed by atoms with Crippen LogP contribution in [0.2, 0.25) is 0 Å². The summed E-state index contributed by atoms with van der Waals surface area (Å²) in [7, 11) is 1.63. The Morgan fingerprint density at radius 3 is 2.38 bits per heavy atom. The third kappa shape index (κ3) is 2.99. The highest BCUT2D eigenvalue weighted by atomic mass is 16.7. The van der Waals surface area contributed by atoms with Crippen molar-refractivity contribution in [3.8, 4) is 0 Å². The molecule has 0 aromatic carbocycles. The Hall–Kier alpha value is -0.0800. The van der Waals surface area contributed by atoms with Crippen LogP contribution in [0.5, 0.6) is 0 Å². The second-order valence-electron chi connectivity index (χ2n) is 1.44. The Labute approximate surface area is 50.8 Å². The summed E-state index contributed by atoms with van der Waals surface area (Å²) in [6.45, 7) is 6.00. The second kappa shape index (κ2) is 5.06. The minimum atomic E-state index is -0.0625. The third-order valence-electron chi connectivity index (χ3n) is 0.900. The van der Waals surface area contributed by atoms with E-state index in [1.807, 2.05) is 6.92 Å². The standard InChI is InChI=1S/C6H13O2/c1-4-6(7-3)8-5-2/h6H,2,4-5H2,1,3H3. The van der Waals surface area contributed by atoms with Crippen molar-refractivity contribution >= 4 is 0 Å². The first-order valence-corrected chi connectivity index (χ1v) is 2.78. The van der Waals surface area contributed by atoms with Gasteiger partial charge >= 0.3 is 0 Å². The van der Waals surface area contributed by atoms with Gasteiger partial charge in [-0.15, -0.1) is 0 Å². The van der Waals surface area contributed by atoms with Gasteiger partial charge in [0.05, 0.1) is 0 Å². The zero-order chi connectivity index (χ0) is 6.41. The van der Waals surface area contributed by atoms with Crippen molar-refractivity contribution in [1.29, 1.82) is 0 Å². The number of methoxy groups -OCH3 is 1. The van der Waals surface area contributed by atoms with Crippen LogP contribution >= 0.6 is 0 Å². The number of hydrogen-bond acceptors (Lipinski definition) is 2. The summed E-state index contributed by atoms with van der Waals surface area (Å²) in [5.41, 5.74) is 0. The minimum absolute atomic E-state index is 0.0625. The number of hydrogen-bond donors (Lipinski definition) is 0. The molecule has 0 spiro atoms. The van der Waals surface area contributed by atoms with Crippen molar-refractivity contribution in [2.45, 2.75) is 19.6 Å².